The number of alkyl halides is 3. The second-order valence-corrected chi connectivity index (χ2v) is 3.58. The van der Waals surface area contributed by atoms with Gasteiger partial charge in [0.25, 0.3) is 0 Å². The molecule has 0 spiro atoms. The van der Waals surface area contributed by atoms with E-state index in [9.17, 15) is 22.8 Å². The van der Waals surface area contributed by atoms with E-state index in [1.54, 1.807) is 6.07 Å². The van der Waals surface area contributed by atoms with Gasteiger partial charge in [0.1, 0.15) is 0 Å². The molecule has 1 rings (SSSR count). The lowest BCUT2D eigenvalue weighted by Gasteiger charge is -2.14. The van der Waals surface area contributed by atoms with Crippen molar-refractivity contribution in [2.24, 2.45) is 0 Å². The molecule has 7 heteroatoms. The summed E-state index contributed by atoms with van der Waals surface area (Å²) >= 11 is 0. The highest BCUT2D eigenvalue weighted by atomic mass is 19.4. The van der Waals surface area contributed by atoms with Crippen LogP contribution in [-0.4, -0.2) is 19.4 Å². The van der Waals surface area contributed by atoms with Gasteiger partial charge in [0, 0.05) is 5.56 Å². The Morgan fingerprint density at radius 2 is 2.11 bits per heavy atom. The molecule has 1 aromatic rings. The van der Waals surface area contributed by atoms with E-state index < -0.39 is 35.3 Å². The van der Waals surface area contributed by atoms with Crippen LogP contribution in [0.1, 0.15) is 27.0 Å². The number of hydrogen-bond donors (Lipinski definition) is 0. The van der Waals surface area contributed by atoms with Crippen LogP contribution in [0.5, 0.6) is 0 Å². The maximum Gasteiger partial charge on any atom is 0.417 e. The van der Waals surface area contributed by atoms with Crippen molar-refractivity contribution in [3.63, 3.8) is 0 Å². The fraction of sp³-hybridized carbons (Fsp3) is 0.250. The summed E-state index contributed by atoms with van der Waals surface area (Å²) in [7, 11) is 1.03. The van der Waals surface area contributed by atoms with Gasteiger partial charge >= 0.3 is 12.1 Å². The van der Waals surface area contributed by atoms with Crippen LogP contribution in [0.3, 0.4) is 0 Å². The number of rotatable bonds is 3. The number of halogens is 3. The Kier molecular flexibility index (Phi) is 4.27. The van der Waals surface area contributed by atoms with Gasteiger partial charge in [-0.3, -0.25) is 9.59 Å². The van der Waals surface area contributed by atoms with Crippen molar-refractivity contribution >= 4 is 12.3 Å². The topological polar surface area (TPSA) is 67.2 Å². The molecule has 0 aliphatic heterocycles. The number of carbonyl (C=O) groups excluding carboxylic acids is 2. The molecule has 0 aromatic heterocycles. The molecule has 0 bridgehead atoms. The zero-order valence-electron chi connectivity index (χ0n) is 9.75. The average Bonchev–Trinajstić information content (AvgIpc) is 2.35. The average molecular weight is 271 g/mol. The summed E-state index contributed by atoms with van der Waals surface area (Å²) in [6, 6.07) is 3.39. The number of nitriles is 1. The summed E-state index contributed by atoms with van der Waals surface area (Å²) in [6.45, 7) is 0. The minimum Gasteiger partial charge on any atom is -0.469 e. The Bertz CT molecular complexity index is 559. The van der Waals surface area contributed by atoms with Crippen molar-refractivity contribution in [3.8, 4) is 6.07 Å². The minimum atomic E-state index is -4.80. The third-order valence-electron chi connectivity index (χ3n) is 2.35. The molecule has 0 N–H and O–H groups in total. The van der Waals surface area contributed by atoms with Crippen molar-refractivity contribution in [1.29, 1.82) is 5.26 Å². The van der Waals surface area contributed by atoms with Crippen LogP contribution in [0.25, 0.3) is 0 Å². The van der Waals surface area contributed by atoms with E-state index in [0.29, 0.717) is 0 Å². The Labute approximate surface area is 106 Å². The molecule has 0 unspecified atom stereocenters. The van der Waals surface area contributed by atoms with Crippen molar-refractivity contribution in [2.45, 2.75) is 12.6 Å². The second-order valence-electron chi connectivity index (χ2n) is 3.58. The van der Waals surface area contributed by atoms with Crippen LogP contribution in [0.2, 0.25) is 0 Å². The SMILES string of the molecule is COC(=O)Cc1cc(C#N)cc(C=O)c1C(F)(F)F. The first-order chi connectivity index (χ1) is 8.83. The number of aldehydes is 1. The Balaban J connectivity index is 3.52. The standard InChI is InChI=1S/C12H8F3NO3/c1-19-10(18)4-8-2-7(5-16)3-9(6-17)11(8)12(13,14)15/h2-3,6H,4H2,1H3. The monoisotopic (exact) mass is 271 g/mol. The molecule has 100 valence electrons. The highest BCUT2D eigenvalue weighted by molar-refractivity contribution is 5.81. The van der Waals surface area contributed by atoms with Gasteiger partial charge in [-0.05, 0) is 17.7 Å². The lowest BCUT2D eigenvalue weighted by Crippen LogP contribution is -2.16. The number of benzene rings is 1. The summed E-state index contributed by atoms with van der Waals surface area (Å²) in [5, 5.41) is 8.70. The normalized spacial score (nSPS) is 10.7. The molecule has 0 atom stereocenters. The first-order valence-electron chi connectivity index (χ1n) is 4.99. The Morgan fingerprint density at radius 3 is 2.53 bits per heavy atom. The van der Waals surface area contributed by atoms with E-state index in [1.165, 1.54) is 0 Å². The number of ether oxygens (including phenoxy) is 1. The molecule has 19 heavy (non-hydrogen) atoms. The number of methoxy groups -OCH3 is 1. The third kappa shape index (κ3) is 3.31. The molecule has 0 fully saturated rings. The van der Waals surface area contributed by atoms with Crippen LogP contribution in [-0.2, 0) is 22.1 Å². The Hall–Kier alpha value is -2.36. The fourth-order valence-electron chi connectivity index (χ4n) is 1.60. The van der Waals surface area contributed by atoms with Crippen molar-refractivity contribution in [3.05, 3.63) is 34.4 Å². The summed E-state index contributed by atoms with van der Waals surface area (Å²) in [5.41, 5.74) is -2.48. The van der Waals surface area contributed by atoms with Crippen LogP contribution in [0.15, 0.2) is 12.1 Å². The van der Waals surface area contributed by atoms with Gasteiger partial charge in [0.05, 0.1) is 30.7 Å². The van der Waals surface area contributed by atoms with E-state index in [2.05, 4.69) is 4.74 Å². The number of nitrogens with zero attached hydrogens (tertiary/aromatic N) is 1. The smallest absolute Gasteiger partial charge is 0.417 e. The van der Waals surface area contributed by atoms with Crippen molar-refractivity contribution < 1.29 is 27.5 Å². The van der Waals surface area contributed by atoms with Crippen LogP contribution < -0.4 is 0 Å². The van der Waals surface area contributed by atoms with Crippen LogP contribution in [0.4, 0.5) is 13.2 Å². The van der Waals surface area contributed by atoms with Crippen LogP contribution >= 0.6 is 0 Å². The summed E-state index contributed by atoms with van der Waals surface area (Å²) in [4.78, 5) is 21.8. The van der Waals surface area contributed by atoms with E-state index in [1.807, 2.05) is 0 Å². The number of carbonyl (C=O) groups is 2. The lowest BCUT2D eigenvalue weighted by atomic mass is 9.96. The number of esters is 1. The molecule has 0 aliphatic carbocycles. The zero-order chi connectivity index (χ0) is 14.6. The Morgan fingerprint density at radius 1 is 1.47 bits per heavy atom. The summed E-state index contributed by atoms with van der Waals surface area (Å²) in [5.74, 6) is -0.891. The van der Waals surface area contributed by atoms with Gasteiger partial charge in [-0.25, -0.2) is 0 Å². The molecule has 0 heterocycles. The van der Waals surface area contributed by atoms with Crippen molar-refractivity contribution in [2.75, 3.05) is 7.11 Å². The lowest BCUT2D eigenvalue weighted by molar-refractivity contribution is -0.141. The van der Waals surface area contributed by atoms with E-state index in [-0.39, 0.29) is 11.8 Å². The zero-order valence-corrected chi connectivity index (χ0v) is 9.75. The third-order valence-corrected chi connectivity index (χ3v) is 2.35. The van der Waals surface area contributed by atoms with Crippen LogP contribution in [0, 0.1) is 11.3 Å². The minimum absolute atomic E-state index is 0.00441. The molecule has 0 amide bonds. The molecular weight excluding hydrogens is 263 g/mol. The highest BCUT2D eigenvalue weighted by Gasteiger charge is 2.37. The van der Waals surface area contributed by atoms with Gasteiger partial charge in [-0.1, -0.05) is 0 Å². The molecule has 0 saturated carbocycles. The van der Waals surface area contributed by atoms with E-state index in [0.717, 1.165) is 19.2 Å². The van der Waals surface area contributed by atoms with E-state index >= 15 is 0 Å². The van der Waals surface area contributed by atoms with Gasteiger partial charge in [-0.2, -0.15) is 18.4 Å². The molecule has 1 aromatic carbocycles. The second kappa shape index (κ2) is 5.52. The number of hydrogen-bond acceptors (Lipinski definition) is 4. The van der Waals surface area contributed by atoms with Crippen molar-refractivity contribution in [1.82, 2.24) is 0 Å². The predicted octanol–water partition coefficient (Wildman–Crippen LogP) is 2.11. The largest absolute Gasteiger partial charge is 0.469 e. The summed E-state index contributed by atoms with van der Waals surface area (Å²) in [6.07, 6.45) is -5.46. The first-order valence-corrected chi connectivity index (χ1v) is 4.99. The molecule has 0 aliphatic rings. The summed E-state index contributed by atoms with van der Waals surface area (Å²) < 4.78 is 43.0. The molecular formula is C12H8F3NO3. The highest BCUT2D eigenvalue weighted by Crippen LogP contribution is 2.35. The maximum atomic E-state index is 12.9. The van der Waals surface area contributed by atoms with Gasteiger partial charge in [0.15, 0.2) is 6.29 Å². The van der Waals surface area contributed by atoms with Gasteiger partial charge in [0.2, 0.25) is 0 Å². The first kappa shape index (κ1) is 14.7. The molecule has 4 nitrogen and oxygen atoms in total. The fourth-order valence-corrected chi connectivity index (χ4v) is 1.60. The quantitative estimate of drug-likeness (QED) is 0.623. The van der Waals surface area contributed by atoms with E-state index in [4.69, 9.17) is 5.26 Å². The predicted molar refractivity (Wildman–Crippen MR) is 57.3 cm³/mol. The molecule has 0 radical (unpaired) electrons. The van der Waals surface area contributed by atoms with Gasteiger partial charge < -0.3 is 4.74 Å². The van der Waals surface area contributed by atoms with Gasteiger partial charge in [-0.15, -0.1) is 0 Å². The molecule has 0 saturated heterocycles. The maximum absolute atomic E-state index is 12.9.